The lowest BCUT2D eigenvalue weighted by molar-refractivity contribution is 0.120. The topological polar surface area (TPSA) is 72.1 Å². The molecule has 2 unspecified atom stereocenters. The van der Waals surface area contributed by atoms with E-state index in [9.17, 15) is 8.60 Å². The van der Waals surface area contributed by atoms with Crippen molar-refractivity contribution in [2.24, 2.45) is 7.05 Å². The number of nitrogens with zero attached hydrogens (tertiary/aromatic N) is 7. The monoisotopic (exact) mass is 481 g/mol. The highest BCUT2D eigenvalue weighted by Crippen LogP contribution is 2.33. The number of benzene rings is 2. The zero-order valence-corrected chi connectivity index (χ0v) is 20.4. The molecular formula is C24H28FN7OS. The molecule has 10 heteroatoms. The van der Waals surface area contributed by atoms with Gasteiger partial charge in [-0.25, -0.2) is 17.6 Å². The molecule has 0 saturated carbocycles. The van der Waals surface area contributed by atoms with Crippen LogP contribution < -0.4 is 0 Å². The van der Waals surface area contributed by atoms with E-state index >= 15 is 0 Å². The number of hydrogen-bond acceptors (Lipinski definition) is 5. The van der Waals surface area contributed by atoms with Crippen molar-refractivity contribution in [1.82, 2.24) is 34.0 Å². The van der Waals surface area contributed by atoms with Gasteiger partial charge >= 0.3 is 0 Å². The molecule has 8 nitrogen and oxygen atoms in total. The second kappa shape index (κ2) is 9.36. The van der Waals surface area contributed by atoms with Crippen molar-refractivity contribution in [3.63, 3.8) is 0 Å². The van der Waals surface area contributed by atoms with E-state index in [0.717, 1.165) is 41.7 Å². The quantitative estimate of drug-likeness (QED) is 0.422. The maximum absolute atomic E-state index is 13.4. The van der Waals surface area contributed by atoms with E-state index in [1.54, 1.807) is 25.4 Å². The summed E-state index contributed by atoms with van der Waals surface area (Å²) in [5.41, 5.74) is 4.15. The highest BCUT2D eigenvalue weighted by atomic mass is 32.2. The fourth-order valence-corrected chi connectivity index (χ4v) is 5.79. The Morgan fingerprint density at radius 1 is 1.12 bits per heavy atom. The highest BCUT2D eigenvalue weighted by Gasteiger charge is 2.32. The van der Waals surface area contributed by atoms with Gasteiger partial charge in [0, 0.05) is 38.1 Å². The predicted octanol–water partition coefficient (Wildman–Crippen LogP) is 3.39. The van der Waals surface area contributed by atoms with E-state index < -0.39 is 11.0 Å². The van der Waals surface area contributed by atoms with Crippen molar-refractivity contribution in [1.29, 1.82) is 0 Å². The Balaban J connectivity index is 1.49. The van der Waals surface area contributed by atoms with Crippen molar-refractivity contribution in [3.05, 3.63) is 65.7 Å². The third-order valence-corrected chi connectivity index (χ3v) is 7.69. The molecule has 2 aromatic heterocycles. The van der Waals surface area contributed by atoms with Crippen LogP contribution in [0, 0.1) is 12.7 Å². The van der Waals surface area contributed by atoms with Crippen molar-refractivity contribution in [3.8, 4) is 5.69 Å². The van der Waals surface area contributed by atoms with Gasteiger partial charge in [-0.05, 0) is 67.4 Å². The number of fused-ring (bicyclic) bond motifs is 1. The molecule has 1 aliphatic rings. The van der Waals surface area contributed by atoms with Gasteiger partial charge in [-0.3, -0.25) is 4.90 Å². The van der Waals surface area contributed by atoms with E-state index in [2.05, 4.69) is 46.2 Å². The van der Waals surface area contributed by atoms with Crippen LogP contribution in [0.5, 0.6) is 0 Å². The second-order valence-electron chi connectivity index (χ2n) is 8.66. The molecule has 2 atom stereocenters. The van der Waals surface area contributed by atoms with Gasteiger partial charge in [-0.15, -0.1) is 5.10 Å². The zero-order valence-electron chi connectivity index (χ0n) is 19.6. The van der Waals surface area contributed by atoms with Crippen molar-refractivity contribution in [2.45, 2.75) is 31.3 Å². The van der Waals surface area contributed by atoms with Gasteiger partial charge in [0.2, 0.25) is 0 Å². The summed E-state index contributed by atoms with van der Waals surface area (Å²) in [6.07, 6.45) is 4.47. The molecule has 0 aliphatic carbocycles. The average Bonchev–Trinajstić information content (AvgIpc) is 3.45. The Bertz CT molecular complexity index is 1330. The Morgan fingerprint density at radius 2 is 1.91 bits per heavy atom. The van der Waals surface area contributed by atoms with Crippen LogP contribution in [0.1, 0.15) is 30.5 Å². The van der Waals surface area contributed by atoms with E-state index in [-0.39, 0.29) is 11.9 Å². The maximum atomic E-state index is 13.4. The van der Waals surface area contributed by atoms with Crippen LogP contribution in [-0.2, 0) is 18.0 Å². The van der Waals surface area contributed by atoms with E-state index in [4.69, 9.17) is 0 Å². The maximum Gasteiger partial charge on any atom is 0.185 e. The van der Waals surface area contributed by atoms with Gasteiger partial charge in [-0.2, -0.15) is 15.0 Å². The molecule has 0 amide bonds. The summed E-state index contributed by atoms with van der Waals surface area (Å²) in [7, 11) is 0.376. The molecule has 34 heavy (non-hydrogen) atoms. The molecule has 1 aliphatic heterocycles. The lowest BCUT2D eigenvalue weighted by Gasteiger charge is -2.41. The Morgan fingerprint density at radius 3 is 2.62 bits per heavy atom. The van der Waals surface area contributed by atoms with Gasteiger partial charge in [0.1, 0.15) is 16.8 Å². The minimum Gasteiger partial charge on any atom is -0.294 e. The third-order valence-electron chi connectivity index (χ3n) is 6.34. The smallest absolute Gasteiger partial charge is 0.185 e. The summed E-state index contributed by atoms with van der Waals surface area (Å²) in [6, 6.07) is 10.8. The summed E-state index contributed by atoms with van der Waals surface area (Å²) < 4.78 is 30.4. The summed E-state index contributed by atoms with van der Waals surface area (Å²) in [5.74, 6) is -0.268. The molecule has 0 N–H and O–H groups in total. The average molecular weight is 482 g/mol. The summed E-state index contributed by atoms with van der Waals surface area (Å²) in [6.45, 7) is 7.45. The summed E-state index contributed by atoms with van der Waals surface area (Å²) >= 11 is 0. The lowest BCUT2D eigenvalue weighted by Crippen LogP contribution is -2.49. The van der Waals surface area contributed by atoms with Gasteiger partial charge in [0.05, 0.1) is 23.6 Å². The number of hydrogen-bond donors (Lipinski definition) is 0. The number of aromatic nitrogens is 5. The highest BCUT2D eigenvalue weighted by molar-refractivity contribution is 7.82. The van der Waals surface area contributed by atoms with E-state index in [0.29, 0.717) is 18.1 Å². The molecule has 1 saturated heterocycles. The van der Waals surface area contributed by atoms with Gasteiger partial charge < -0.3 is 0 Å². The molecule has 178 valence electrons. The molecule has 3 heterocycles. The van der Waals surface area contributed by atoms with Gasteiger partial charge in [0.25, 0.3) is 0 Å². The number of rotatable bonds is 6. The molecule has 5 rings (SSSR count). The molecule has 4 aromatic rings. The lowest BCUT2D eigenvalue weighted by atomic mass is 9.96. The fraction of sp³-hybridized carbons (Fsp3) is 0.375. The molecular weight excluding hydrogens is 453 g/mol. The standard InChI is InChI=1S/C24H28FN7OS/c1-4-9-30-10-11-31(34(33)24-15-26-29(3)28-24)16-23(30)21-13-18-14-27-32(22(18)12-17(21)2)20-7-5-19(25)6-8-20/h5-8,12-15,23H,4,9-11,16H2,1-3H3. The molecule has 0 spiro atoms. The first kappa shape index (κ1) is 22.8. The van der Waals surface area contributed by atoms with Gasteiger partial charge in [-0.1, -0.05) is 6.92 Å². The predicted molar refractivity (Wildman–Crippen MR) is 129 cm³/mol. The SMILES string of the molecule is CCCN1CCN(S(=O)c2cnn(C)n2)CC1c1cc2cnn(-c3ccc(F)cc3)c2cc1C. The minimum absolute atomic E-state index is 0.105. The van der Waals surface area contributed by atoms with E-state index in [1.165, 1.54) is 22.5 Å². The van der Waals surface area contributed by atoms with Crippen molar-refractivity contribution < 1.29 is 8.60 Å². The Kier molecular flexibility index (Phi) is 6.28. The third kappa shape index (κ3) is 4.28. The largest absolute Gasteiger partial charge is 0.294 e. The molecule has 2 aromatic carbocycles. The first-order chi connectivity index (χ1) is 16.4. The van der Waals surface area contributed by atoms with Crippen LogP contribution in [0.25, 0.3) is 16.6 Å². The van der Waals surface area contributed by atoms with Crippen LogP contribution >= 0.6 is 0 Å². The number of aryl methyl sites for hydroxylation is 2. The molecule has 0 bridgehead atoms. The molecule has 1 fully saturated rings. The number of halogens is 1. The first-order valence-electron chi connectivity index (χ1n) is 11.5. The summed E-state index contributed by atoms with van der Waals surface area (Å²) in [4.78, 5) is 3.91. The first-order valence-corrected chi connectivity index (χ1v) is 12.6. The Labute approximate surface area is 200 Å². The minimum atomic E-state index is -1.35. The second-order valence-corrected chi connectivity index (χ2v) is 10.1. The van der Waals surface area contributed by atoms with Crippen molar-refractivity contribution >= 4 is 21.9 Å². The van der Waals surface area contributed by atoms with E-state index in [1.807, 2.05) is 15.2 Å². The van der Waals surface area contributed by atoms with Crippen LogP contribution in [0.2, 0.25) is 0 Å². The Hall–Kier alpha value is -2.95. The number of piperazine rings is 1. The molecule has 0 radical (unpaired) electrons. The van der Waals surface area contributed by atoms with Crippen LogP contribution in [0.15, 0.2) is 53.8 Å². The van der Waals surface area contributed by atoms with Crippen LogP contribution in [0.4, 0.5) is 4.39 Å². The van der Waals surface area contributed by atoms with Gasteiger partial charge in [0.15, 0.2) is 5.03 Å². The summed E-state index contributed by atoms with van der Waals surface area (Å²) in [5, 5.41) is 14.4. The van der Waals surface area contributed by atoms with Crippen LogP contribution in [-0.4, -0.2) is 64.4 Å². The zero-order chi connectivity index (χ0) is 23.8. The van der Waals surface area contributed by atoms with Crippen molar-refractivity contribution in [2.75, 3.05) is 26.2 Å². The fourth-order valence-electron chi connectivity index (χ4n) is 4.68. The normalized spacial score (nSPS) is 18.5. The van der Waals surface area contributed by atoms with Crippen LogP contribution in [0.3, 0.4) is 0 Å².